The fourth-order valence-electron chi connectivity index (χ4n) is 1.70. The maximum atomic E-state index is 11.8. The topological polar surface area (TPSA) is 55.4 Å². The first kappa shape index (κ1) is 15.0. The molecule has 2 aromatic rings. The smallest absolute Gasteiger partial charge is 0.412 e. The van der Waals surface area contributed by atoms with E-state index in [9.17, 15) is 9.59 Å². The molecule has 0 bridgehead atoms. The van der Waals surface area contributed by atoms with Crippen LogP contribution in [-0.4, -0.2) is 18.0 Å². The van der Waals surface area contributed by atoms with Crippen LogP contribution in [0.2, 0.25) is 0 Å². The summed E-state index contributed by atoms with van der Waals surface area (Å²) in [5.41, 5.74) is -0.109. The van der Waals surface area contributed by atoms with Crippen molar-refractivity contribution in [2.75, 3.05) is 5.32 Å². The monoisotopic (exact) mass is 355 g/mol. The molecule has 20 heavy (non-hydrogen) atoms. The predicted octanol–water partition coefficient (Wildman–Crippen LogP) is 4.82. The number of amides is 1. The van der Waals surface area contributed by atoms with Crippen LogP contribution in [0, 0.1) is 0 Å². The fraction of sp³-hybridized carbons (Fsp3) is 0.286. The fourth-order valence-corrected chi connectivity index (χ4v) is 3.09. The van der Waals surface area contributed by atoms with Crippen molar-refractivity contribution in [3.8, 4) is 0 Å². The van der Waals surface area contributed by atoms with Gasteiger partial charge in [-0.25, -0.2) is 4.79 Å². The van der Waals surface area contributed by atoms with Gasteiger partial charge in [0.1, 0.15) is 10.6 Å². The van der Waals surface area contributed by atoms with Crippen molar-refractivity contribution in [3.05, 3.63) is 28.2 Å². The Kier molecular flexibility index (Phi) is 4.15. The zero-order chi connectivity index (χ0) is 14.9. The van der Waals surface area contributed by atoms with Gasteiger partial charge in [0.25, 0.3) is 0 Å². The van der Waals surface area contributed by atoms with Gasteiger partial charge in [-0.1, -0.05) is 15.9 Å². The average molecular weight is 356 g/mol. The summed E-state index contributed by atoms with van der Waals surface area (Å²) in [6.45, 7) is 5.36. The number of carbonyl (C=O) groups is 2. The minimum Gasteiger partial charge on any atom is -0.444 e. The first-order valence-corrected chi connectivity index (χ1v) is 7.58. The molecule has 1 aromatic heterocycles. The third-order valence-corrected chi connectivity index (χ3v) is 4.02. The van der Waals surface area contributed by atoms with Gasteiger partial charge in [0.05, 0.1) is 5.56 Å². The highest BCUT2D eigenvalue weighted by molar-refractivity contribution is 9.10. The van der Waals surface area contributed by atoms with Gasteiger partial charge >= 0.3 is 6.09 Å². The largest absolute Gasteiger partial charge is 0.444 e. The number of hydrogen-bond acceptors (Lipinski definition) is 4. The van der Waals surface area contributed by atoms with Gasteiger partial charge < -0.3 is 4.74 Å². The second-order valence-electron chi connectivity index (χ2n) is 5.23. The summed E-state index contributed by atoms with van der Waals surface area (Å²) in [6.07, 6.45) is 0.184. The molecule has 1 heterocycles. The number of aldehydes is 1. The van der Waals surface area contributed by atoms with E-state index < -0.39 is 11.7 Å². The van der Waals surface area contributed by atoms with Crippen molar-refractivity contribution >= 4 is 54.7 Å². The normalized spacial score (nSPS) is 11.4. The Labute approximate surface area is 129 Å². The van der Waals surface area contributed by atoms with Crippen molar-refractivity contribution in [1.82, 2.24) is 0 Å². The second kappa shape index (κ2) is 5.54. The number of fused-ring (bicyclic) bond motifs is 1. The van der Waals surface area contributed by atoms with E-state index in [0.29, 0.717) is 10.6 Å². The van der Waals surface area contributed by atoms with Gasteiger partial charge in [-0.3, -0.25) is 10.1 Å². The second-order valence-corrected chi connectivity index (χ2v) is 7.20. The number of benzene rings is 1. The third-order valence-electron chi connectivity index (χ3n) is 2.42. The van der Waals surface area contributed by atoms with Crippen LogP contribution in [0.25, 0.3) is 10.1 Å². The van der Waals surface area contributed by atoms with Crippen LogP contribution in [0.5, 0.6) is 0 Å². The van der Waals surface area contributed by atoms with Gasteiger partial charge in [0.2, 0.25) is 0 Å². The Hall–Kier alpha value is -1.40. The molecule has 2 rings (SSSR count). The zero-order valence-corrected chi connectivity index (χ0v) is 13.7. The number of nitrogens with one attached hydrogen (secondary N) is 1. The molecule has 1 N–H and O–H groups in total. The van der Waals surface area contributed by atoms with E-state index in [0.717, 1.165) is 20.8 Å². The first-order valence-electron chi connectivity index (χ1n) is 5.97. The molecule has 6 heteroatoms. The SMILES string of the molecule is CC(C)(C)OC(=O)Nc1sc2ccc(Br)cc2c1C=O. The van der Waals surface area contributed by atoms with Gasteiger partial charge in [0, 0.05) is 14.6 Å². The van der Waals surface area contributed by atoms with Crippen LogP contribution < -0.4 is 5.32 Å². The molecule has 0 radical (unpaired) electrons. The summed E-state index contributed by atoms with van der Waals surface area (Å²) in [4.78, 5) is 23.1. The molecule has 1 aromatic carbocycles. The molecule has 0 aliphatic rings. The molecule has 0 saturated carbocycles. The van der Waals surface area contributed by atoms with Crippen molar-refractivity contribution in [1.29, 1.82) is 0 Å². The van der Waals surface area contributed by atoms with Crippen LogP contribution in [0.1, 0.15) is 31.1 Å². The lowest BCUT2D eigenvalue weighted by Gasteiger charge is -2.19. The molecule has 0 atom stereocenters. The Morgan fingerprint density at radius 1 is 1.40 bits per heavy atom. The number of anilines is 1. The van der Waals surface area contributed by atoms with Crippen molar-refractivity contribution < 1.29 is 14.3 Å². The lowest BCUT2D eigenvalue weighted by atomic mass is 10.2. The van der Waals surface area contributed by atoms with E-state index in [1.807, 2.05) is 18.2 Å². The molecule has 0 spiro atoms. The summed E-state index contributed by atoms with van der Waals surface area (Å²) in [5.74, 6) is 0. The third kappa shape index (κ3) is 3.37. The number of thiophene rings is 1. The Bertz CT molecular complexity index is 673. The number of halogens is 1. The van der Waals surface area contributed by atoms with E-state index in [1.54, 1.807) is 20.8 Å². The molecule has 0 aliphatic carbocycles. The van der Waals surface area contributed by atoms with E-state index >= 15 is 0 Å². The molecule has 4 nitrogen and oxygen atoms in total. The summed E-state index contributed by atoms with van der Waals surface area (Å²) in [5, 5.41) is 3.95. The van der Waals surface area contributed by atoms with Crippen LogP contribution in [0.4, 0.5) is 9.80 Å². The Morgan fingerprint density at radius 2 is 2.10 bits per heavy atom. The van der Waals surface area contributed by atoms with Crippen LogP contribution >= 0.6 is 27.3 Å². The van der Waals surface area contributed by atoms with Crippen molar-refractivity contribution in [2.24, 2.45) is 0 Å². The number of rotatable bonds is 2. The van der Waals surface area contributed by atoms with Crippen molar-refractivity contribution in [3.63, 3.8) is 0 Å². The Morgan fingerprint density at radius 3 is 2.70 bits per heavy atom. The summed E-state index contributed by atoms with van der Waals surface area (Å²) in [7, 11) is 0. The van der Waals surface area contributed by atoms with E-state index in [1.165, 1.54) is 11.3 Å². The number of carbonyl (C=O) groups excluding carboxylic acids is 2. The maximum Gasteiger partial charge on any atom is 0.412 e. The van der Waals surface area contributed by atoms with Crippen LogP contribution in [-0.2, 0) is 4.74 Å². The van der Waals surface area contributed by atoms with Gasteiger partial charge in [-0.05, 0) is 39.0 Å². The number of hydrogen-bond donors (Lipinski definition) is 1. The van der Waals surface area contributed by atoms with Crippen LogP contribution in [0.3, 0.4) is 0 Å². The van der Waals surface area contributed by atoms with E-state index in [4.69, 9.17) is 4.74 Å². The zero-order valence-electron chi connectivity index (χ0n) is 11.3. The van der Waals surface area contributed by atoms with Gasteiger partial charge in [-0.15, -0.1) is 11.3 Å². The summed E-state index contributed by atoms with van der Waals surface area (Å²) in [6, 6.07) is 5.65. The standard InChI is InChI=1S/C14H14BrNO3S/c1-14(2,3)19-13(18)16-12-10(7-17)9-6-8(15)4-5-11(9)20-12/h4-7H,1-3H3,(H,16,18). The molecular formula is C14H14BrNO3S. The summed E-state index contributed by atoms with van der Waals surface area (Å²) < 4.78 is 7.01. The van der Waals surface area contributed by atoms with Crippen molar-refractivity contribution in [2.45, 2.75) is 26.4 Å². The molecule has 0 aliphatic heterocycles. The molecular weight excluding hydrogens is 342 g/mol. The molecule has 0 unspecified atom stereocenters. The highest BCUT2D eigenvalue weighted by atomic mass is 79.9. The van der Waals surface area contributed by atoms with Gasteiger partial charge in [0.15, 0.2) is 6.29 Å². The molecule has 106 valence electrons. The maximum absolute atomic E-state index is 11.8. The molecule has 1 amide bonds. The quantitative estimate of drug-likeness (QED) is 0.785. The first-order chi connectivity index (χ1) is 9.30. The van der Waals surface area contributed by atoms with E-state index in [2.05, 4.69) is 21.2 Å². The molecule has 0 saturated heterocycles. The minimum atomic E-state index is -0.578. The lowest BCUT2D eigenvalue weighted by molar-refractivity contribution is 0.0636. The average Bonchev–Trinajstić information content (AvgIpc) is 2.62. The summed E-state index contributed by atoms with van der Waals surface area (Å²) >= 11 is 4.72. The molecule has 0 fully saturated rings. The highest BCUT2D eigenvalue weighted by Gasteiger charge is 2.19. The van der Waals surface area contributed by atoms with Gasteiger partial charge in [-0.2, -0.15) is 0 Å². The Balaban J connectivity index is 2.35. The minimum absolute atomic E-state index is 0.470. The number of ether oxygens (including phenoxy) is 1. The predicted molar refractivity (Wildman–Crippen MR) is 84.8 cm³/mol. The lowest BCUT2D eigenvalue weighted by Crippen LogP contribution is -2.27. The highest BCUT2D eigenvalue weighted by Crippen LogP contribution is 2.36. The van der Waals surface area contributed by atoms with E-state index in [-0.39, 0.29) is 0 Å². The van der Waals surface area contributed by atoms with Crippen LogP contribution in [0.15, 0.2) is 22.7 Å².